The van der Waals surface area contributed by atoms with E-state index >= 15 is 0 Å². The molecule has 1 unspecified atom stereocenters. The molecule has 19 heavy (non-hydrogen) atoms. The van der Waals surface area contributed by atoms with E-state index in [2.05, 4.69) is 17.0 Å². The van der Waals surface area contributed by atoms with E-state index < -0.39 is 5.41 Å². The van der Waals surface area contributed by atoms with Gasteiger partial charge in [-0.1, -0.05) is 0 Å². The maximum atomic E-state index is 5.55. The molecule has 108 valence electrons. The Hall–Kier alpha value is -0.953. The second-order valence-corrected chi connectivity index (χ2v) is 6.36. The van der Waals surface area contributed by atoms with Crippen molar-refractivity contribution in [2.45, 2.75) is 18.1 Å². The molecule has 0 aliphatic heterocycles. The third-order valence-electron chi connectivity index (χ3n) is 3.36. The lowest BCUT2D eigenvalue weighted by molar-refractivity contribution is -0.764. The third kappa shape index (κ3) is 4.28. The van der Waals surface area contributed by atoms with Gasteiger partial charge in [-0.2, -0.15) is 4.57 Å². The van der Waals surface area contributed by atoms with Crippen molar-refractivity contribution in [2.24, 2.45) is 0 Å². The second-order valence-electron chi connectivity index (χ2n) is 4.83. The van der Waals surface area contributed by atoms with E-state index in [1.807, 2.05) is 31.1 Å². The highest BCUT2D eigenvalue weighted by Gasteiger charge is 2.32. The van der Waals surface area contributed by atoms with Crippen molar-refractivity contribution in [3.05, 3.63) is 24.5 Å². The summed E-state index contributed by atoms with van der Waals surface area (Å²) in [4.78, 5) is 2.06. The summed E-state index contributed by atoms with van der Waals surface area (Å²) in [6.07, 6.45) is 4.58. The van der Waals surface area contributed by atoms with E-state index in [9.17, 15) is 0 Å². The molecule has 0 aliphatic carbocycles. The molecule has 0 fully saturated rings. The van der Waals surface area contributed by atoms with Crippen LogP contribution in [0.2, 0.25) is 0 Å². The number of nitrogens with zero attached hydrogens (tertiary/aromatic N) is 2. The molecule has 1 aromatic heterocycles. The Labute approximate surface area is 118 Å². The smallest absolute Gasteiger partial charge is 0.266 e. The highest BCUT2D eigenvalue weighted by atomic mass is 28.1. The summed E-state index contributed by atoms with van der Waals surface area (Å²) in [7, 11) is 9.85. The molecule has 0 radical (unpaired) electrons. The van der Waals surface area contributed by atoms with Crippen molar-refractivity contribution < 1.29 is 18.8 Å². The number of methoxy groups -OCH3 is 3. The fourth-order valence-corrected chi connectivity index (χ4v) is 2.15. The lowest BCUT2D eigenvalue weighted by Gasteiger charge is -2.28. The maximum absolute atomic E-state index is 5.55. The SMILES string of the molecule is COC(CC([SiH3])(OC)OC)[n+]1ccc(N(C)C)cc1. The van der Waals surface area contributed by atoms with Crippen molar-refractivity contribution in [1.29, 1.82) is 0 Å². The van der Waals surface area contributed by atoms with Crippen LogP contribution in [-0.2, 0) is 14.2 Å². The number of ether oxygens (including phenoxy) is 3. The second kappa shape index (κ2) is 7.00. The van der Waals surface area contributed by atoms with E-state index in [1.165, 1.54) is 0 Å². The molecule has 0 amide bonds. The van der Waals surface area contributed by atoms with Gasteiger partial charge in [-0.3, -0.25) is 0 Å². The van der Waals surface area contributed by atoms with E-state index in [0.29, 0.717) is 6.42 Å². The molecule has 0 aliphatic rings. The lowest BCUT2D eigenvalue weighted by Crippen LogP contribution is -2.47. The van der Waals surface area contributed by atoms with Gasteiger partial charge >= 0.3 is 0 Å². The van der Waals surface area contributed by atoms with Gasteiger partial charge in [-0.15, -0.1) is 0 Å². The van der Waals surface area contributed by atoms with Crippen LogP contribution in [0.5, 0.6) is 0 Å². The zero-order valence-corrected chi connectivity index (χ0v) is 14.7. The maximum Gasteiger partial charge on any atom is 0.266 e. The summed E-state index contributed by atoms with van der Waals surface area (Å²) in [5.74, 6) is 0. The van der Waals surface area contributed by atoms with E-state index in [4.69, 9.17) is 14.2 Å². The first-order valence-electron chi connectivity index (χ1n) is 6.27. The van der Waals surface area contributed by atoms with Crippen molar-refractivity contribution in [2.75, 3.05) is 40.3 Å². The number of hydrogen-bond acceptors (Lipinski definition) is 4. The summed E-state index contributed by atoms with van der Waals surface area (Å²) in [6.45, 7) is 0. The average molecular weight is 285 g/mol. The first-order chi connectivity index (χ1) is 8.95. The average Bonchev–Trinajstić information content (AvgIpc) is 2.44. The zero-order chi connectivity index (χ0) is 14.5. The van der Waals surface area contributed by atoms with Gasteiger partial charge in [0, 0.05) is 53.2 Å². The summed E-state index contributed by atoms with van der Waals surface area (Å²) >= 11 is 0. The molecule has 1 atom stereocenters. The third-order valence-corrected chi connectivity index (χ3v) is 4.59. The Morgan fingerprint density at radius 1 is 1.21 bits per heavy atom. The van der Waals surface area contributed by atoms with Gasteiger partial charge in [0.1, 0.15) is 5.41 Å². The predicted molar refractivity (Wildman–Crippen MR) is 78.3 cm³/mol. The topological polar surface area (TPSA) is 34.8 Å². The Bertz CT molecular complexity index is 380. The molecule has 6 heteroatoms. The van der Waals surface area contributed by atoms with Crippen LogP contribution in [0.25, 0.3) is 0 Å². The molecular formula is C13H25N2O3Si+. The Balaban J connectivity index is 2.85. The number of hydrogen-bond donors (Lipinski definition) is 0. The van der Waals surface area contributed by atoms with Crippen molar-refractivity contribution >= 4 is 15.9 Å². The molecule has 0 saturated carbocycles. The monoisotopic (exact) mass is 285 g/mol. The van der Waals surface area contributed by atoms with Crippen LogP contribution in [0.4, 0.5) is 5.69 Å². The fourth-order valence-electron chi connectivity index (χ4n) is 1.80. The van der Waals surface area contributed by atoms with Gasteiger partial charge < -0.3 is 19.1 Å². The lowest BCUT2D eigenvalue weighted by atomic mass is 10.3. The molecule has 0 spiro atoms. The molecule has 0 N–H and O–H groups in total. The van der Waals surface area contributed by atoms with Crippen LogP contribution in [0.15, 0.2) is 24.5 Å². The standard InChI is InChI=1S/C13H25N2O3Si/c1-14(2)11-6-8-15(9-7-11)12(16-3)10-13(19,17-4)18-5/h6-9,12H,10H2,1-5,19H3/q+1. The Morgan fingerprint density at radius 3 is 2.11 bits per heavy atom. The molecule has 1 rings (SSSR count). The number of rotatable bonds is 7. The first kappa shape index (κ1) is 16.1. The Morgan fingerprint density at radius 2 is 1.74 bits per heavy atom. The minimum Gasteiger partial charge on any atom is -0.377 e. The van der Waals surface area contributed by atoms with Crippen LogP contribution >= 0.6 is 0 Å². The van der Waals surface area contributed by atoms with E-state index in [0.717, 1.165) is 15.9 Å². The molecule has 0 aromatic carbocycles. The minimum absolute atomic E-state index is 0.103. The summed E-state index contributed by atoms with van der Waals surface area (Å²) < 4.78 is 18.5. The Kier molecular flexibility index (Phi) is 5.93. The summed E-state index contributed by atoms with van der Waals surface area (Å²) in [6, 6.07) is 4.11. The minimum atomic E-state index is -0.520. The van der Waals surface area contributed by atoms with Crippen LogP contribution in [-0.4, -0.2) is 51.1 Å². The molecule has 1 heterocycles. The van der Waals surface area contributed by atoms with Gasteiger partial charge in [0.05, 0.1) is 16.7 Å². The first-order valence-corrected chi connectivity index (χ1v) is 7.27. The van der Waals surface area contributed by atoms with Crippen LogP contribution in [0.1, 0.15) is 12.6 Å². The van der Waals surface area contributed by atoms with Crippen molar-refractivity contribution in [3.63, 3.8) is 0 Å². The predicted octanol–water partition coefficient (Wildman–Crippen LogP) is -0.113. The van der Waals surface area contributed by atoms with Crippen molar-refractivity contribution in [3.8, 4) is 0 Å². The highest BCUT2D eigenvalue weighted by molar-refractivity contribution is 6.13. The fraction of sp³-hybridized carbons (Fsp3) is 0.615. The molecule has 1 aromatic rings. The van der Waals surface area contributed by atoms with Gasteiger partial charge in [0.2, 0.25) is 0 Å². The van der Waals surface area contributed by atoms with Crippen molar-refractivity contribution in [1.82, 2.24) is 0 Å². The number of aromatic nitrogens is 1. The van der Waals surface area contributed by atoms with E-state index in [1.54, 1.807) is 21.3 Å². The number of pyridine rings is 1. The molecule has 0 bridgehead atoms. The van der Waals surface area contributed by atoms with Crippen LogP contribution in [0.3, 0.4) is 0 Å². The highest BCUT2D eigenvalue weighted by Crippen LogP contribution is 2.19. The van der Waals surface area contributed by atoms with Crippen LogP contribution in [0, 0.1) is 0 Å². The number of anilines is 1. The van der Waals surface area contributed by atoms with Gasteiger partial charge in [0.25, 0.3) is 6.23 Å². The van der Waals surface area contributed by atoms with Crippen LogP contribution < -0.4 is 9.47 Å². The summed E-state index contributed by atoms with van der Waals surface area (Å²) in [5, 5.41) is 0. The molecule has 5 nitrogen and oxygen atoms in total. The quantitative estimate of drug-likeness (QED) is 0.398. The zero-order valence-electron chi connectivity index (χ0n) is 12.7. The van der Waals surface area contributed by atoms with E-state index in [-0.39, 0.29) is 6.23 Å². The van der Waals surface area contributed by atoms with Gasteiger partial charge in [0.15, 0.2) is 12.4 Å². The molecule has 0 saturated heterocycles. The van der Waals surface area contributed by atoms with Gasteiger partial charge in [-0.05, 0) is 0 Å². The largest absolute Gasteiger partial charge is 0.377 e. The summed E-state index contributed by atoms with van der Waals surface area (Å²) in [5.41, 5.74) is 0.634. The normalized spacial score (nSPS) is 13.5. The van der Waals surface area contributed by atoms with Gasteiger partial charge in [-0.25, -0.2) is 0 Å². The molecular weight excluding hydrogens is 260 g/mol.